The van der Waals surface area contributed by atoms with Gasteiger partial charge in [-0.2, -0.15) is 0 Å². The second kappa shape index (κ2) is 8.10. The van der Waals surface area contributed by atoms with Crippen molar-refractivity contribution in [2.45, 2.75) is 47.3 Å². The second-order valence-corrected chi connectivity index (χ2v) is 12.6. The predicted molar refractivity (Wildman–Crippen MR) is 102 cm³/mol. The minimum absolute atomic E-state index is 0.0399. The summed E-state index contributed by atoms with van der Waals surface area (Å²) in [7, 11) is -1.70. The molecule has 0 aromatic carbocycles. The summed E-state index contributed by atoms with van der Waals surface area (Å²) in [6, 6.07) is 1.98. The normalized spacial score (nSPS) is 11.4. The summed E-state index contributed by atoms with van der Waals surface area (Å²) in [4.78, 5) is 30.6. The van der Waals surface area contributed by atoms with Crippen molar-refractivity contribution in [3.8, 4) is 0 Å². The lowest BCUT2D eigenvalue weighted by molar-refractivity contribution is 0.0772. The quantitative estimate of drug-likeness (QED) is 0.705. The molecule has 1 rings (SSSR count). The Morgan fingerprint density at radius 1 is 0.913 bits per heavy atom. The zero-order valence-corrected chi connectivity index (χ0v) is 17.3. The summed E-state index contributed by atoms with van der Waals surface area (Å²) < 4.78 is 0. The Labute approximate surface area is 145 Å². The maximum atomic E-state index is 12.9. The zero-order chi connectivity index (χ0) is 17.8. The minimum Gasteiger partial charge on any atom is -0.339 e. The SMILES string of the molecule is CCN(CC)C(=O)c1cc([Si](C)(C)C)c(C(=O)N(CC)CC)s1. The molecule has 130 valence electrons. The summed E-state index contributed by atoms with van der Waals surface area (Å²) in [6.07, 6.45) is 0. The lowest BCUT2D eigenvalue weighted by atomic mass is 10.3. The predicted octanol–water partition coefficient (Wildman–Crippen LogP) is 3.26. The number of rotatable bonds is 7. The van der Waals surface area contributed by atoms with Gasteiger partial charge in [0.1, 0.15) is 0 Å². The maximum absolute atomic E-state index is 12.9. The molecule has 1 aromatic rings. The van der Waals surface area contributed by atoms with Gasteiger partial charge >= 0.3 is 0 Å². The Morgan fingerprint density at radius 3 is 1.74 bits per heavy atom. The van der Waals surface area contributed by atoms with E-state index in [0.29, 0.717) is 31.1 Å². The van der Waals surface area contributed by atoms with Gasteiger partial charge in [0.2, 0.25) is 0 Å². The van der Waals surface area contributed by atoms with Gasteiger partial charge in [0, 0.05) is 26.2 Å². The van der Waals surface area contributed by atoms with Crippen molar-refractivity contribution in [2.75, 3.05) is 26.2 Å². The van der Waals surface area contributed by atoms with Crippen LogP contribution in [0.5, 0.6) is 0 Å². The number of carbonyl (C=O) groups is 2. The second-order valence-electron chi connectivity index (χ2n) is 6.56. The first-order chi connectivity index (χ1) is 10.7. The molecule has 0 spiro atoms. The van der Waals surface area contributed by atoms with Gasteiger partial charge in [-0.3, -0.25) is 9.59 Å². The average Bonchev–Trinajstić information content (AvgIpc) is 2.94. The summed E-state index contributed by atoms with van der Waals surface area (Å²) in [5.41, 5.74) is 0. The van der Waals surface area contributed by atoms with Crippen LogP contribution in [0, 0.1) is 0 Å². The molecule has 0 saturated heterocycles. The Bertz CT molecular complexity index is 555. The Kier molecular flexibility index (Phi) is 7.01. The van der Waals surface area contributed by atoms with E-state index in [9.17, 15) is 9.59 Å². The minimum atomic E-state index is -1.70. The molecule has 0 atom stereocenters. The Balaban J connectivity index is 3.35. The van der Waals surface area contributed by atoms with Crippen LogP contribution in [-0.2, 0) is 0 Å². The summed E-state index contributed by atoms with van der Waals surface area (Å²) >= 11 is 1.37. The van der Waals surface area contributed by atoms with E-state index in [1.165, 1.54) is 11.3 Å². The lowest BCUT2D eigenvalue weighted by Crippen LogP contribution is -2.42. The Morgan fingerprint density at radius 2 is 1.35 bits per heavy atom. The number of amides is 2. The van der Waals surface area contributed by atoms with Crippen LogP contribution < -0.4 is 5.19 Å². The third-order valence-corrected chi connectivity index (χ3v) is 7.35. The van der Waals surface area contributed by atoms with E-state index >= 15 is 0 Å². The molecule has 0 fully saturated rings. The molecule has 0 aliphatic heterocycles. The molecule has 0 aliphatic carbocycles. The van der Waals surface area contributed by atoms with Crippen molar-refractivity contribution in [2.24, 2.45) is 0 Å². The van der Waals surface area contributed by atoms with E-state index in [-0.39, 0.29) is 11.8 Å². The molecule has 0 unspecified atom stereocenters. The van der Waals surface area contributed by atoms with E-state index in [1.54, 1.807) is 0 Å². The number of nitrogens with zero attached hydrogens (tertiary/aromatic N) is 2. The Hall–Kier alpha value is -1.14. The molecule has 0 saturated carbocycles. The van der Waals surface area contributed by atoms with Gasteiger partial charge < -0.3 is 9.80 Å². The van der Waals surface area contributed by atoms with E-state index in [1.807, 2.05) is 43.6 Å². The molecule has 6 heteroatoms. The summed E-state index contributed by atoms with van der Waals surface area (Å²) in [6.45, 7) is 17.4. The van der Waals surface area contributed by atoms with Gasteiger partial charge in [0.15, 0.2) is 0 Å². The molecule has 1 heterocycles. The van der Waals surface area contributed by atoms with Gasteiger partial charge in [0.25, 0.3) is 11.8 Å². The number of carbonyl (C=O) groups excluding carboxylic acids is 2. The van der Waals surface area contributed by atoms with Crippen molar-refractivity contribution in [3.63, 3.8) is 0 Å². The third-order valence-electron chi connectivity index (χ3n) is 4.05. The standard InChI is InChI=1S/C17H30N2O2SSi/c1-8-18(9-2)16(20)13-12-14(23(5,6)7)15(22-13)17(21)19(10-3)11-4/h12H,8-11H2,1-7H3. The van der Waals surface area contributed by atoms with Crippen LogP contribution in [-0.4, -0.2) is 55.9 Å². The fourth-order valence-electron chi connectivity index (χ4n) is 2.53. The fourth-order valence-corrected chi connectivity index (χ4v) is 6.07. The first-order valence-electron chi connectivity index (χ1n) is 8.43. The van der Waals surface area contributed by atoms with Gasteiger partial charge in [-0.1, -0.05) is 19.6 Å². The monoisotopic (exact) mass is 354 g/mol. The highest BCUT2D eigenvalue weighted by Crippen LogP contribution is 2.22. The van der Waals surface area contributed by atoms with Crippen LogP contribution in [0.4, 0.5) is 0 Å². The van der Waals surface area contributed by atoms with Crippen LogP contribution >= 0.6 is 11.3 Å². The number of hydrogen-bond acceptors (Lipinski definition) is 3. The molecule has 2 amide bonds. The van der Waals surface area contributed by atoms with Gasteiger partial charge in [0.05, 0.1) is 17.8 Å². The summed E-state index contributed by atoms with van der Waals surface area (Å²) in [5.74, 6) is 0.106. The van der Waals surface area contributed by atoms with Crippen LogP contribution in [0.1, 0.15) is 47.0 Å². The smallest absolute Gasteiger partial charge is 0.263 e. The van der Waals surface area contributed by atoms with Crippen LogP contribution in [0.15, 0.2) is 6.07 Å². The molecule has 1 aromatic heterocycles. The molecule has 4 nitrogen and oxygen atoms in total. The maximum Gasteiger partial charge on any atom is 0.263 e. The summed E-state index contributed by atoms with van der Waals surface area (Å²) in [5, 5.41) is 1.11. The lowest BCUT2D eigenvalue weighted by Gasteiger charge is -2.22. The average molecular weight is 355 g/mol. The highest BCUT2D eigenvalue weighted by Gasteiger charge is 2.30. The molecule has 0 N–H and O–H groups in total. The van der Waals surface area contributed by atoms with Crippen molar-refractivity contribution in [3.05, 3.63) is 15.8 Å². The largest absolute Gasteiger partial charge is 0.339 e. The molecule has 0 bridgehead atoms. The van der Waals surface area contributed by atoms with E-state index in [0.717, 1.165) is 10.1 Å². The number of thiophene rings is 1. The van der Waals surface area contributed by atoms with Crippen molar-refractivity contribution < 1.29 is 9.59 Å². The molecule has 23 heavy (non-hydrogen) atoms. The topological polar surface area (TPSA) is 40.6 Å². The highest BCUT2D eigenvalue weighted by atomic mass is 32.1. The van der Waals surface area contributed by atoms with Crippen molar-refractivity contribution >= 4 is 36.4 Å². The third kappa shape index (κ3) is 4.44. The van der Waals surface area contributed by atoms with Gasteiger partial charge in [-0.25, -0.2) is 0 Å². The van der Waals surface area contributed by atoms with Crippen LogP contribution in [0.3, 0.4) is 0 Å². The number of hydrogen-bond donors (Lipinski definition) is 0. The van der Waals surface area contributed by atoms with Crippen LogP contribution in [0.25, 0.3) is 0 Å². The molecule has 0 radical (unpaired) electrons. The highest BCUT2D eigenvalue weighted by molar-refractivity contribution is 7.18. The first kappa shape index (κ1) is 19.9. The molecular weight excluding hydrogens is 324 g/mol. The zero-order valence-electron chi connectivity index (χ0n) is 15.5. The molecular formula is C17H30N2O2SSi. The van der Waals surface area contributed by atoms with E-state index in [2.05, 4.69) is 19.6 Å². The van der Waals surface area contributed by atoms with Crippen molar-refractivity contribution in [1.29, 1.82) is 0 Å². The van der Waals surface area contributed by atoms with E-state index < -0.39 is 8.07 Å². The van der Waals surface area contributed by atoms with Crippen LogP contribution in [0.2, 0.25) is 19.6 Å². The fraction of sp³-hybridized carbons (Fsp3) is 0.647. The first-order valence-corrected chi connectivity index (χ1v) is 12.8. The van der Waals surface area contributed by atoms with Gasteiger partial charge in [-0.15, -0.1) is 11.3 Å². The van der Waals surface area contributed by atoms with E-state index in [4.69, 9.17) is 0 Å². The molecule has 0 aliphatic rings. The van der Waals surface area contributed by atoms with Crippen molar-refractivity contribution in [1.82, 2.24) is 9.80 Å². The van der Waals surface area contributed by atoms with Gasteiger partial charge in [-0.05, 0) is 38.9 Å².